The second-order valence-corrected chi connectivity index (χ2v) is 6.73. The van der Waals surface area contributed by atoms with Crippen molar-refractivity contribution in [3.8, 4) is 17.2 Å². The van der Waals surface area contributed by atoms with E-state index in [1.165, 1.54) is 0 Å². The van der Waals surface area contributed by atoms with Crippen molar-refractivity contribution in [2.24, 2.45) is 0 Å². The van der Waals surface area contributed by atoms with Gasteiger partial charge in [-0.1, -0.05) is 40.5 Å². The lowest BCUT2D eigenvalue weighted by Gasteiger charge is -2.17. The molecule has 0 spiro atoms. The van der Waals surface area contributed by atoms with Crippen molar-refractivity contribution in [2.45, 2.75) is 26.0 Å². The summed E-state index contributed by atoms with van der Waals surface area (Å²) in [4.78, 5) is 16.7. The summed E-state index contributed by atoms with van der Waals surface area (Å²) in [6.45, 7) is 3.40. The second-order valence-electron chi connectivity index (χ2n) is 5.89. The molecule has 1 aromatic heterocycles. The number of hydrogen-bond donors (Lipinski definition) is 1. The molecule has 3 rings (SSSR count). The normalized spacial score (nSPS) is 13.0. The van der Waals surface area contributed by atoms with Gasteiger partial charge in [-0.3, -0.25) is 4.79 Å². The highest BCUT2D eigenvalue weighted by molar-refractivity contribution is 6.32. The van der Waals surface area contributed by atoms with Crippen LogP contribution in [0.3, 0.4) is 0 Å². The summed E-state index contributed by atoms with van der Waals surface area (Å²) in [6.07, 6.45) is -0.741. The Hall–Kier alpha value is -2.57. The Kier molecular flexibility index (Phi) is 5.98. The topological polar surface area (TPSA) is 77.2 Å². The third kappa shape index (κ3) is 4.78. The van der Waals surface area contributed by atoms with E-state index < -0.39 is 12.1 Å². The maximum absolute atomic E-state index is 12.4. The summed E-state index contributed by atoms with van der Waals surface area (Å²) >= 11 is 11.9. The lowest BCUT2D eigenvalue weighted by Crippen LogP contribution is -2.38. The summed E-state index contributed by atoms with van der Waals surface area (Å²) < 4.78 is 10.9. The van der Waals surface area contributed by atoms with E-state index in [1.807, 2.05) is 0 Å². The van der Waals surface area contributed by atoms with Gasteiger partial charge in [0, 0.05) is 10.6 Å². The van der Waals surface area contributed by atoms with Crippen LogP contribution in [0.15, 0.2) is 53.1 Å². The number of benzene rings is 2. The van der Waals surface area contributed by atoms with Gasteiger partial charge in [0.2, 0.25) is 0 Å². The zero-order valence-corrected chi connectivity index (χ0v) is 16.2. The molecule has 27 heavy (non-hydrogen) atoms. The fourth-order valence-electron chi connectivity index (χ4n) is 2.30. The number of hydrogen-bond acceptors (Lipinski definition) is 5. The molecule has 6 nitrogen and oxygen atoms in total. The number of para-hydroxylation sites is 1. The van der Waals surface area contributed by atoms with E-state index in [0.29, 0.717) is 27.5 Å². The molecule has 1 amide bonds. The average molecular weight is 406 g/mol. The van der Waals surface area contributed by atoms with Gasteiger partial charge >= 0.3 is 0 Å². The molecule has 0 aliphatic rings. The van der Waals surface area contributed by atoms with Crippen LogP contribution in [0.25, 0.3) is 11.5 Å². The minimum Gasteiger partial charge on any atom is -0.479 e. The van der Waals surface area contributed by atoms with Gasteiger partial charge in [-0.05, 0) is 50.2 Å². The molecule has 0 unspecified atom stereocenters. The maximum atomic E-state index is 12.4. The first-order chi connectivity index (χ1) is 12.9. The quantitative estimate of drug-likeness (QED) is 0.643. The number of ether oxygens (including phenoxy) is 1. The van der Waals surface area contributed by atoms with Crippen LogP contribution in [0.5, 0.6) is 5.75 Å². The van der Waals surface area contributed by atoms with Crippen LogP contribution in [0.2, 0.25) is 10.0 Å². The lowest BCUT2D eigenvalue weighted by atomic mass is 10.2. The van der Waals surface area contributed by atoms with Gasteiger partial charge in [0.05, 0.1) is 11.1 Å². The molecule has 2 atom stereocenters. The Morgan fingerprint density at radius 3 is 2.52 bits per heavy atom. The molecule has 0 saturated carbocycles. The van der Waals surface area contributed by atoms with E-state index in [4.69, 9.17) is 32.5 Å². The number of rotatable bonds is 6. The molecule has 0 fully saturated rings. The summed E-state index contributed by atoms with van der Waals surface area (Å²) in [5.74, 6) is 0.834. The Morgan fingerprint density at radius 2 is 1.81 bits per heavy atom. The number of carbonyl (C=O) groups is 1. The SMILES string of the molecule is C[C@@H](Oc1ccccc1Cl)C(=O)N[C@H](C)c1noc(-c2ccc(Cl)cc2)n1. The molecule has 1 N–H and O–H groups in total. The summed E-state index contributed by atoms with van der Waals surface area (Å²) in [5, 5.41) is 7.78. The molecule has 0 radical (unpaired) electrons. The number of halogens is 2. The highest BCUT2D eigenvalue weighted by Gasteiger charge is 2.21. The van der Waals surface area contributed by atoms with Gasteiger partial charge in [-0.25, -0.2) is 0 Å². The van der Waals surface area contributed by atoms with Crippen molar-refractivity contribution in [3.05, 3.63) is 64.4 Å². The van der Waals surface area contributed by atoms with Crippen molar-refractivity contribution >= 4 is 29.1 Å². The van der Waals surface area contributed by atoms with Crippen LogP contribution in [-0.4, -0.2) is 22.2 Å². The Balaban J connectivity index is 1.63. The first-order valence-electron chi connectivity index (χ1n) is 8.25. The van der Waals surface area contributed by atoms with Gasteiger partial charge in [0.25, 0.3) is 11.8 Å². The van der Waals surface area contributed by atoms with Crippen molar-refractivity contribution in [2.75, 3.05) is 0 Å². The van der Waals surface area contributed by atoms with Crippen molar-refractivity contribution in [3.63, 3.8) is 0 Å². The third-order valence-corrected chi connectivity index (χ3v) is 4.35. The molecule has 0 aliphatic heterocycles. The zero-order valence-electron chi connectivity index (χ0n) is 14.6. The van der Waals surface area contributed by atoms with E-state index in [0.717, 1.165) is 5.56 Å². The second kappa shape index (κ2) is 8.41. The zero-order chi connectivity index (χ0) is 19.4. The molecule has 1 heterocycles. The first kappa shape index (κ1) is 19.2. The van der Waals surface area contributed by atoms with Crippen LogP contribution in [0, 0.1) is 0 Å². The molecule has 8 heteroatoms. The number of nitrogens with one attached hydrogen (secondary N) is 1. The third-order valence-electron chi connectivity index (χ3n) is 3.79. The minimum atomic E-state index is -0.741. The van der Waals surface area contributed by atoms with E-state index in [-0.39, 0.29) is 5.91 Å². The van der Waals surface area contributed by atoms with Gasteiger partial charge in [0.15, 0.2) is 11.9 Å². The van der Waals surface area contributed by atoms with E-state index in [9.17, 15) is 4.79 Å². The molecule has 0 bridgehead atoms. The molecule has 0 saturated heterocycles. The monoisotopic (exact) mass is 405 g/mol. The molecule has 0 aliphatic carbocycles. The summed E-state index contributed by atoms with van der Waals surface area (Å²) in [6, 6.07) is 13.5. The first-order valence-corrected chi connectivity index (χ1v) is 9.00. The highest BCUT2D eigenvalue weighted by Crippen LogP contribution is 2.25. The van der Waals surface area contributed by atoms with Crippen molar-refractivity contribution in [1.29, 1.82) is 0 Å². The van der Waals surface area contributed by atoms with Gasteiger partial charge in [-0.15, -0.1) is 0 Å². The summed E-state index contributed by atoms with van der Waals surface area (Å²) in [5.41, 5.74) is 0.743. The molecular weight excluding hydrogens is 389 g/mol. The molecule has 3 aromatic rings. The van der Waals surface area contributed by atoms with Crippen LogP contribution in [-0.2, 0) is 4.79 Å². The Bertz CT molecular complexity index is 928. The van der Waals surface area contributed by atoms with Crippen molar-refractivity contribution in [1.82, 2.24) is 15.5 Å². The average Bonchev–Trinajstić information content (AvgIpc) is 3.14. The van der Waals surface area contributed by atoms with Gasteiger partial charge in [0.1, 0.15) is 5.75 Å². The number of aromatic nitrogens is 2. The Labute approximate surface area is 166 Å². The molecular formula is C19H17Cl2N3O3. The van der Waals surface area contributed by atoms with E-state index in [1.54, 1.807) is 62.4 Å². The number of nitrogens with zero attached hydrogens (tertiary/aromatic N) is 2. The van der Waals surface area contributed by atoms with Gasteiger partial charge in [-0.2, -0.15) is 4.98 Å². The highest BCUT2D eigenvalue weighted by atomic mass is 35.5. The maximum Gasteiger partial charge on any atom is 0.261 e. The predicted octanol–water partition coefficient (Wildman–Crippen LogP) is 4.69. The number of carbonyl (C=O) groups excluding carboxylic acids is 1. The van der Waals surface area contributed by atoms with Crippen LogP contribution in [0.4, 0.5) is 0 Å². The van der Waals surface area contributed by atoms with E-state index in [2.05, 4.69) is 15.5 Å². The molecule has 140 valence electrons. The standard InChI is InChI=1S/C19H17Cl2N3O3/c1-11(17-23-19(27-24-17)13-7-9-14(20)10-8-13)22-18(25)12(2)26-16-6-4-3-5-15(16)21/h3-12H,1-2H3,(H,22,25)/t11-,12-/m1/s1. The largest absolute Gasteiger partial charge is 0.479 e. The lowest BCUT2D eigenvalue weighted by molar-refractivity contribution is -0.128. The number of amides is 1. The fourth-order valence-corrected chi connectivity index (χ4v) is 2.61. The van der Waals surface area contributed by atoms with Crippen LogP contribution >= 0.6 is 23.2 Å². The van der Waals surface area contributed by atoms with Crippen LogP contribution < -0.4 is 10.1 Å². The fraction of sp³-hybridized carbons (Fsp3) is 0.211. The Morgan fingerprint density at radius 1 is 1.11 bits per heavy atom. The van der Waals surface area contributed by atoms with Crippen molar-refractivity contribution < 1.29 is 14.1 Å². The smallest absolute Gasteiger partial charge is 0.261 e. The van der Waals surface area contributed by atoms with E-state index >= 15 is 0 Å². The van der Waals surface area contributed by atoms with Gasteiger partial charge < -0.3 is 14.6 Å². The predicted molar refractivity (Wildman–Crippen MR) is 103 cm³/mol. The minimum absolute atomic E-state index is 0.319. The summed E-state index contributed by atoms with van der Waals surface area (Å²) in [7, 11) is 0. The molecule has 2 aromatic carbocycles. The van der Waals surface area contributed by atoms with Crippen LogP contribution in [0.1, 0.15) is 25.7 Å².